The van der Waals surface area contributed by atoms with E-state index in [0.29, 0.717) is 21.2 Å². The van der Waals surface area contributed by atoms with E-state index in [4.69, 9.17) is 12.2 Å². The highest BCUT2D eigenvalue weighted by Gasteiger charge is 2.10. The maximum absolute atomic E-state index is 9.93. The number of phenols is 1. The quantitative estimate of drug-likeness (QED) is 0.502. The number of phenolic OH excluding ortho intramolecular Hbond substituents is 1. The minimum Gasteiger partial charge on any atom is -0.506 e. The fraction of sp³-hybridized carbons (Fsp3) is 0.0833. The molecule has 0 saturated heterocycles. The van der Waals surface area contributed by atoms with Crippen LogP contribution in [0.25, 0.3) is 0 Å². The van der Waals surface area contributed by atoms with Crippen LogP contribution >= 0.6 is 23.6 Å². The van der Waals surface area contributed by atoms with Crippen LogP contribution in [-0.4, -0.2) is 14.8 Å². The Morgan fingerprint density at radius 1 is 1.32 bits per heavy atom. The second-order valence-corrected chi connectivity index (χ2v) is 5.21. The molecule has 1 heterocycles. The Labute approximate surface area is 118 Å². The summed E-state index contributed by atoms with van der Waals surface area (Å²) in [7, 11) is 0. The van der Waals surface area contributed by atoms with Crippen molar-refractivity contribution in [1.29, 1.82) is 0 Å². The lowest BCUT2D eigenvalue weighted by Crippen LogP contribution is -1.92. The molecule has 0 aliphatic rings. The van der Waals surface area contributed by atoms with E-state index in [9.17, 15) is 10.2 Å². The minimum atomic E-state index is -0.0472. The summed E-state index contributed by atoms with van der Waals surface area (Å²) in [5, 5.41) is 27.6. The van der Waals surface area contributed by atoms with Gasteiger partial charge in [0.2, 0.25) is 10.9 Å². The second kappa shape index (κ2) is 5.77. The third-order valence-electron chi connectivity index (χ3n) is 2.29. The number of allylic oxidation sites excluding steroid dienone is 1. The first-order valence-corrected chi connectivity index (χ1v) is 6.59. The zero-order chi connectivity index (χ0) is 13.8. The van der Waals surface area contributed by atoms with E-state index in [-0.39, 0.29) is 11.6 Å². The van der Waals surface area contributed by atoms with Crippen LogP contribution in [0.2, 0.25) is 0 Å². The summed E-state index contributed by atoms with van der Waals surface area (Å²) in [5.74, 6) is -0.0195. The smallest absolute Gasteiger partial charge is 0.232 e. The van der Waals surface area contributed by atoms with E-state index in [0.717, 1.165) is 11.3 Å². The molecule has 5 nitrogen and oxygen atoms in total. The predicted molar refractivity (Wildman–Crippen MR) is 77.3 cm³/mol. The summed E-state index contributed by atoms with van der Waals surface area (Å²) in [6, 6.07) is 6.56. The highest BCUT2D eigenvalue weighted by Crippen LogP contribution is 2.36. The fourth-order valence-electron chi connectivity index (χ4n) is 1.39. The van der Waals surface area contributed by atoms with Crippen LogP contribution in [0.3, 0.4) is 0 Å². The van der Waals surface area contributed by atoms with Gasteiger partial charge in [-0.1, -0.05) is 29.5 Å². The normalized spacial score (nSPS) is 10.9. The van der Waals surface area contributed by atoms with Crippen molar-refractivity contribution in [2.45, 2.75) is 6.54 Å². The second-order valence-electron chi connectivity index (χ2n) is 3.58. The van der Waals surface area contributed by atoms with Crippen molar-refractivity contribution in [3.63, 3.8) is 0 Å². The molecule has 0 saturated carbocycles. The van der Waals surface area contributed by atoms with Crippen molar-refractivity contribution in [3.8, 4) is 11.6 Å². The minimum absolute atomic E-state index is 0.0276. The highest BCUT2D eigenvalue weighted by molar-refractivity contribution is 7.73. The number of thiazole rings is 1. The number of hydrogen-bond donors (Lipinski definition) is 2. The summed E-state index contributed by atoms with van der Waals surface area (Å²) in [6.45, 7) is 4.00. The van der Waals surface area contributed by atoms with Crippen molar-refractivity contribution >= 4 is 34.2 Å². The Kier molecular flexibility index (Phi) is 4.08. The Balaban J connectivity index is 2.34. The largest absolute Gasteiger partial charge is 0.506 e. The molecule has 7 heteroatoms. The first-order chi connectivity index (χ1) is 9.13. The molecule has 0 aliphatic heterocycles. The molecule has 1 aromatic carbocycles. The molecule has 2 aromatic rings. The van der Waals surface area contributed by atoms with Crippen molar-refractivity contribution in [3.05, 3.63) is 40.9 Å². The van der Waals surface area contributed by atoms with Crippen LogP contribution in [0.15, 0.2) is 47.1 Å². The molecule has 0 spiro atoms. The molecule has 0 radical (unpaired) electrons. The average molecular weight is 293 g/mol. The lowest BCUT2D eigenvalue weighted by atomic mass is 10.3. The van der Waals surface area contributed by atoms with Gasteiger partial charge in [-0.05, 0) is 24.4 Å². The Hall–Kier alpha value is -1.99. The summed E-state index contributed by atoms with van der Waals surface area (Å²) < 4.78 is 2.00. The fourth-order valence-corrected chi connectivity index (χ4v) is 2.51. The molecular weight excluding hydrogens is 282 g/mol. The zero-order valence-corrected chi connectivity index (χ0v) is 11.5. The summed E-state index contributed by atoms with van der Waals surface area (Å²) >= 11 is 6.25. The topological polar surface area (TPSA) is 70.1 Å². The van der Waals surface area contributed by atoms with Gasteiger partial charge in [0.1, 0.15) is 11.4 Å². The van der Waals surface area contributed by atoms with Crippen LogP contribution in [0.1, 0.15) is 0 Å². The standard InChI is InChI=1S/C12H11N3O2S2/c1-2-7-15-11(17)10(19-12(15)18)14-13-8-5-3-4-6-9(8)16/h2-6,16-17H,1,7H2. The zero-order valence-electron chi connectivity index (χ0n) is 9.85. The van der Waals surface area contributed by atoms with Gasteiger partial charge >= 0.3 is 0 Å². The van der Waals surface area contributed by atoms with Crippen LogP contribution in [-0.2, 0) is 6.54 Å². The maximum atomic E-state index is 9.93. The number of hydrogen-bond acceptors (Lipinski definition) is 6. The van der Waals surface area contributed by atoms with E-state index in [1.165, 1.54) is 10.6 Å². The van der Waals surface area contributed by atoms with Gasteiger partial charge in [0.25, 0.3) is 0 Å². The molecule has 0 bridgehead atoms. The number of nitrogens with zero attached hydrogens (tertiary/aromatic N) is 3. The van der Waals surface area contributed by atoms with Gasteiger partial charge in [-0.15, -0.1) is 16.8 Å². The number of aromatic hydroxyl groups is 2. The molecule has 0 aliphatic carbocycles. The van der Waals surface area contributed by atoms with Gasteiger partial charge in [-0.3, -0.25) is 4.57 Å². The summed E-state index contributed by atoms with van der Waals surface area (Å²) in [5.41, 5.74) is 0.330. The molecular formula is C12H11N3O2S2. The molecule has 1 aromatic heterocycles. The van der Waals surface area contributed by atoms with E-state index in [1.807, 2.05) is 0 Å². The van der Waals surface area contributed by atoms with Crippen molar-refractivity contribution in [2.24, 2.45) is 10.2 Å². The monoisotopic (exact) mass is 293 g/mol. The number of azo groups is 1. The van der Waals surface area contributed by atoms with Gasteiger partial charge in [0.05, 0.1) is 0 Å². The first-order valence-electron chi connectivity index (χ1n) is 5.36. The van der Waals surface area contributed by atoms with Crippen molar-refractivity contribution < 1.29 is 10.2 Å². The molecule has 0 fully saturated rings. The van der Waals surface area contributed by atoms with Gasteiger partial charge in [-0.2, -0.15) is 0 Å². The molecule has 2 N–H and O–H groups in total. The third kappa shape index (κ3) is 2.88. The average Bonchev–Trinajstić information content (AvgIpc) is 2.66. The summed E-state index contributed by atoms with van der Waals surface area (Å²) in [4.78, 5) is 0. The lowest BCUT2D eigenvalue weighted by Gasteiger charge is -1.98. The number of aromatic nitrogens is 1. The Bertz CT molecular complexity index is 689. The number of rotatable bonds is 4. The molecule has 0 unspecified atom stereocenters. The Morgan fingerprint density at radius 3 is 2.74 bits per heavy atom. The molecule has 0 amide bonds. The molecule has 2 rings (SSSR count). The predicted octanol–water partition coefficient (Wildman–Crippen LogP) is 4.29. The van der Waals surface area contributed by atoms with Gasteiger partial charge in [0.15, 0.2) is 3.95 Å². The molecule has 98 valence electrons. The van der Waals surface area contributed by atoms with Gasteiger partial charge in [-0.25, -0.2) is 0 Å². The number of benzene rings is 1. The van der Waals surface area contributed by atoms with Crippen LogP contribution in [0.4, 0.5) is 10.7 Å². The Morgan fingerprint density at radius 2 is 2.05 bits per heavy atom. The van der Waals surface area contributed by atoms with E-state index in [2.05, 4.69) is 16.8 Å². The molecule has 19 heavy (non-hydrogen) atoms. The number of para-hydroxylation sites is 1. The highest BCUT2D eigenvalue weighted by atomic mass is 32.1. The first kappa shape index (κ1) is 13.4. The van der Waals surface area contributed by atoms with E-state index < -0.39 is 0 Å². The van der Waals surface area contributed by atoms with Crippen molar-refractivity contribution in [1.82, 2.24) is 4.57 Å². The summed E-state index contributed by atoms with van der Waals surface area (Å²) in [6.07, 6.45) is 1.63. The SMILES string of the molecule is C=CCn1c(O)c(N=Nc2ccccc2O)sc1=S. The maximum Gasteiger partial charge on any atom is 0.232 e. The molecule has 0 atom stereocenters. The van der Waals surface area contributed by atoms with E-state index in [1.54, 1.807) is 24.3 Å². The lowest BCUT2D eigenvalue weighted by molar-refractivity contribution is 0.426. The van der Waals surface area contributed by atoms with E-state index >= 15 is 0 Å². The van der Waals surface area contributed by atoms with Gasteiger partial charge < -0.3 is 10.2 Å². The van der Waals surface area contributed by atoms with Gasteiger partial charge in [0, 0.05) is 6.54 Å². The third-order valence-corrected chi connectivity index (χ3v) is 3.62. The van der Waals surface area contributed by atoms with Crippen molar-refractivity contribution in [2.75, 3.05) is 0 Å². The van der Waals surface area contributed by atoms with Crippen LogP contribution in [0, 0.1) is 3.95 Å². The van der Waals surface area contributed by atoms with Crippen LogP contribution in [0.5, 0.6) is 11.6 Å². The van der Waals surface area contributed by atoms with Crippen LogP contribution < -0.4 is 0 Å².